The molecule has 2 aromatic rings. The summed E-state index contributed by atoms with van der Waals surface area (Å²) in [6, 6.07) is 11.7. The van der Waals surface area contributed by atoms with Crippen molar-refractivity contribution in [3.8, 4) is 0 Å². The standard InChI is InChI=1S/C18H17Br2FN2O2/c19-15-4-2-1-3-12(15)7-9-22-17(24)8-10-23-18(25)14-11-13(21)5-6-16(14)20/h1-6,11H,7-10H2,(H,22,24)(H,23,25). The molecule has 0 radical (unpaired) electrons. The first kappa shape index (κ1) is 19.6. The van der Waals surface area contributed by atoms with Gasteiger partial charge in [0.05, 0.1) is 5.56 Å². The summed E-state index contributed by atoms with van der Waals surface area (Å²) < 4.78 is 14.7. The first-order chi connectivity index (χ1) is 12.0. The zero-order chi connectivity index (χ0) is 18.2. The Morgan fingerprint density at radius 1 is 0.960 bits per heavy atom. The van der Waals surface area contributed by atoms with E-state index in [1.807, 2.05) is 24.3 Å². The topological polar surface area (TPSA) is 58.2 Å². The maximum absolute atomic E-state index is 13.2. The van der Waals surface area contributed by atoms with E-state index in [9.17, 15) is 14.0 Å². The molecule has 0 fully saturated rings. The average molecular weight is 472 g/mol. The van der Waals surface area contributed by atoms with Gasteiger partial charge in [-0.05, 0) is 52.2 Å². The van der Waals surface area contributed by atoms with Gasteiger partial charge in [0.1, 0.15) is 5.82 Å². The molecule has 0 saturated heterocycles. The normalized spacial score (nSPS) is 10.4. The van der Waals surface area contributed by atoms with Gasteiger partial charge in [0, 0.05) is 28.5 Å². The summed E-state index contributed by atoms with van der Waals surface area (Å²) in [6.45, 7) is 0.702. The zero-order valence-corrected chi connectivity index (χ0v) is 16.5. The molecule has 2 rings (SSSR count). The molecule has 132 valence electrons. The molecule has 0 heterocycles. The molecule has 2 amide bonds. The number of carbonyl (C=O) groups is 2. The van der Waals surface area contributed by atoms with Gasteiger partial charge in [0.15, 0.2) is 0 Å². The predicted octanol–water partition coefficient (Wildman–Crippen LogP) is 3.83. The van der Waals surface area contributed by atoms with Crippen molar-refractivity contribution in [3.05, 3.63) is 68.4 Å². The summed E-state index contributed by atoms with van der Waals surface area (Å²) in [7, 11) is 0. The maximum atomic E-state index is 13.2. The van der Waals surface area contributed by atoms with E-state index >= 15 is 0 Å². The SMILES string of the molecule is O=C(CCNC(=O)c1cc(F)ccc1Br)NCCc1ccccc1Br. The van der Waals surface area contributed by atoms with E-state index in [0.29, 0.717) is 11.0 Å². The Balaban J connectivity index is 1.71. The molecule has 0 aromatic heterocycles. The molecule has 0 bridgehead atoms. The van der Waals surface area contributed by atoms with Crippen LogP contribution in [-0.4, -0.2) is 24.9 Å². The number of nitrogens with one attached hydrogen (secondary N) is 2. The van der Waals surface area contributed by atoms with E-state index in [1.54, 1.807) is 0 Å². The molecule has 4 nitrogen and oxygen atoms in total. The van der Waals surface area contributed by atoms with Crippen LogP contribution in [0.2, 0.25) is 0 Å². The van der Waals surface area contributed by atoms with Crippen molar-refractivity contribution in [2.45, 2.75) is 12.8 Å². The molecule has 7 heteroatoms. The van der Waals surface area contributed by atoms with Crippen LogP contribution >= 0.6 is 31.9 Å². The lowest BCUT2D eigenvalue weighted by Crippen LogP contribution is -2.31. The Kier molecular flexibility index (Phi) is 7.58. The lowest BCUT2D eigenvalue weighted by Gasteiger charge is -2.08. The van der Waals surface area contributed by atoms with Crippen LogP contribution in [0, 0.1) is 5.82 Å². The lowest BCUT2D eigenvalue weighted by molar-refractivity contribution is -0.120. The van der Waals surface area contributed by atoms with E-state index in [0.717, 1.165) is 22.5 Å². The largest absolute Gasteiger partial charge is 0.356 e. The highest BCUT2D eigenvalue weighted by Crippen LogP contribution is 2.17. The number of rotatable bonds is 7. The Bertz CT molecular complexity index is 768. The number of benzene rings is 2. The van der Waals surface area contributed by atoms with Gasteiger partial charge >= 0.3 is 0 Å². The highest BCUT2D eigenvalue weighted by atomic mass is 79.9. The van der Waals surface area contributed by atoms with Crippen LogP contribution in [0.1, 0.15) is 22.3 Å². The van der Waals surface area contributed by atoms with Crippen molar-refractivity contribution >= 4 is 43.7 Å². The second-order valence-corrected chi connectivity index (χ2v) is 7.03. The predicted molar refractivity (Wildman–Crippen MR) is 102 cm³/mol. The molecule has 0 saturated carbocycles. The fourth-order valence-electron chi connectivity index (χ4n) is 2.18. The third-order valence-corrected chi connectivity index (χ3v) is 4.95. The molecule has 25 heavy (non-hydrogen) atoms. The Morgan fingerprint density at radius 2 is 1.72 bits per heavy atom. The average Bonchev–Trinajstić information content (AvgIpc) is 2.58. The molecule has 0 unspecified atom stereocenters. The summed E-state index contributed by atoms with van der Waals surface area (Å²) in [6.07, 6.45) is 0.879. The third kappa shape index (κ3) is 6.25. The fourth-order valence-corrected chi connectivity index (χ4v) is 3.09. The van der Waals surface area contributed by atoms with Crippen LogP contribution in [0.25, 0.3) is 0 Å². The van der Waals surface area contributed by atoms with Crippen molar-refractivity contribution in [1.29, 1.82) is 0 Å². The van der Waals surface area contributed by atoms with Crippen LogP contribution in [0.5, 0.6) is 0 Å². The summed E-state index contributed by atoms with van der Waals surface area (Å²) >= 11 is 6.67. The van der Waals surface area contributed by atoms with Crippen molar-refractivity contribution in [2.24, 2.45) is 0 Å². The van der Waals surface area contributed by atoms with Gasteiger partial charge in [-0.25, -0.2) is 4.39 Å². The van der Waals surface area contributed by atoms with E-state index in [1.165, 1.54) is 12.1 Å². The highest BCUT2D eigenvalue weighted by Gasteiger charge is 2.11. The van der Waals surface area contributed by atoms with Crippen LogP contribution < -0.4 is 10.6 Å². The molecule has 0 spiro atoms. The smallest absolute Gasteiger partial charge is 0.252 e. The molecule has 2 aromatic carbocycles. The number of hydrogen-bond donors (Lipinski definition) is 2. The number of halogens is 3. The summed E-state index contributed by atoms with van der Waals surface area (Å²) in [4.78, 5) is 23.8. The first-order valence-corrected chi connectivity index (χ1v) is 9.29. The highest BCUT2D eigenvalue weighted by molar-refractivity contribution is 9.10. The van der Waals surface area contributed by atoms with Gasteiger partial charge in [0.2, 0.25) is 5.91 Å². The second kappa shape index (κ2) is 9.68. The van der Waals surface area contributed by atoms with Crippen molar-refractivity contribution in [2.75, 3.05) is 13.1 Å². The van der Waals surface area contributed by atoms with Crippen molar-refractivity contribution < 1.29 is 14.0 Å². The minimum Gasteiger partial charge on any atom is -0.356 e. The minimum atomic E-state index is -0.488. The van der Waals surface area contributed by atoms with Gasteiger partial charge in [-0.15, -0.1) is 0 Å². The third-order valence-electron chi connectivity index (χ3n) is 3.48. The van der Waals surface area contributed by atoms with Gasteiger partial charge < -0.3 is 10.6 Å². The van der Waals surface area contributed by atoms with E-state index in [4.69, 9.17) is 0 Å². The van der Waals surface area contributed by atoms with Crippen LogP contribution in [0.15, 0.2) is 51.4 Å². The molecule has 0 aliphatic rings. The molecule has 0 aliphatic carbocycles. The monoisotopic (exact) mass is 470 g/mol. The van der Waals surface area contributed by atoms with Crippen LogP contribution in [0.4, 0.5) is 4.39 Å². The summed E-state index contributed by atoms with van der Waals surface area (Å²) in [5, 5.41) is 5.42. The van der Waals surface area contributed by atoms with Crippen LogP contribution in [-0.2, 0) is 11.2 Å². The van der Waals surface area contributed by atoms with E-state index < -0.39 is 11.7 Å². The second-order valence-electron chi connectivity index (χ2n) is 5.32. The summed E-state index contributed by atoms with van der Waals surface area (Å²) in [5.41, 5.74) is 1.32. The Hall–Kier alpha value is -1.73. The minimum absolute atomic E-state index is 0.148. The van der Waals surface area contributed by atoms with Crippen LogP contribution in [0.3, 0.4) is 0 Å². The number of carbonyl (C=O) groups excluding carboxylic acids is 2. The molecule has 0 aliphatic heterocycles. The number of amides is 2. The summed E-state index contributed by atoms with van der Waals surface area (Å²) in [5.74, 6) is -1.06. The quantitative estimate of drug-likeness (QED) is 0.644. The molecule has 0 atom stereocenters. The number of hydrogen-bond acceptors (Lipinski definition) is 2. The zero-order valence-electron chi connectivity index (χ0n) is 13.3. The molecular weight excluding hydrogens is 455 g/mol. The molecule has 2 N–H and O–H groups in total. The van der Waals surface area contributed by atoms with E-state index in [-0.39, 0.29) is 24.4 Å². The van der Waals surface area contributed by atoms with Gasteiger partial charge in [-0.2, -0.15) is 0 Å². The van der Waals surface area contributed by atoms with Gasteiger partial charge in [0.25, 0.3) is 5.91 Å². The Labute approximate surface area is 162 Å². The lowest BCUT2D eigenvalue weighted by atomic mass is 10.1. The van der Waals surface area contributed by atoms with Crippen molar-refractivity contribution in [3.63, 3.8) is 0 Å². The first-order valence-electron chi connectivity index (χ1n) is 7.70. The maximum Gasteiger partial charge on any atom is 0.252 e. The van der Waals surface area contributed by atoms with Crippen molar-refractivity contribution in [1.82, 2.24) is 10.6 Å². The molecular formula is C18H17Br2FN2O2. The Morgan fingerprint density at radius 3 is 2.48 bits per heavy atom. The van der Waals surface area contributed by atoms with Gasteiger partial charge in [-0.1, -0.05) is 34.1 Å². The fraction of sp³-hybridized carbons (Fsp3) is 0.222. The van der Waals surface area contributed by atoms with Gasteiger partial charge in [-0.3, -0.25) is 9.59 Å². The van der Waals surface area contributed by atoms with E-state index in [2.05, 4.69) is 42.5 Å².